The van der Waals surface area contributed by atoms with E-state index in [-0.39, 0.29) is 23.1 Å². The molecule has 0 aliphatic carbocycles. The van der Waals surface area contributed by atoms with Gasteiger partial charge in [0.05, 0.1) is 12.0 Å². The fourth-order valence-corrected chi connectivity index (χ4v) is 1.12. The van der Waals surface area contributed by atoms with Gasteiger partial charge in [0.15, 0.2) is 12.4 Å². The van der Waals surface area contributed by atoms with Crippen LogP contribution in [-0.2, 0) is 9.53 Å². The summed E-state index contributed by atoms with van der Waals surface area (Å²) < 4.78 is 9.27. The molecule has 0 heterocycles. The lowest BCUT2D eigenvalue weighted by molar-refractivity contribution is -0.385. The highest BCUT2D eigenvalue weighted by atomic mass is 35.5. The molecule has 0 saturated heterocycles. The molecule has 0 aromatic heterocycles. The SMILES string of the molecule is COC(=O)COc1ccc(Cl)cc1[N+](=O)[O-]. The number of ether oxygens (including phenoxy) is 2. The summed E-state index contributed by atoms with van der Waals surface area (Å²) >= 11 is 5.60. The van der Waals surface area contributed by atoms with Crippen molar-refractivity contribution in [3.63, 3.8) is 0 Å². The van der Waals surface area contributed by atoms with Gasteiger partial charge in [-0.1, -0.05) is 11.6 Å². The lowest BCUT2D eigenvalue weighted by Gasteiger charge is -2.05. The number of hydrogen-bond acceptors (Lipinski definition) is 5. The van der Waals surface area contributed by atoms with Crippen molar-refractivity contribution in [2.75, 3.05) is 13.7 Å². The molecule has 16 heavy (non-hydrogen) atoms. The number of rotatable bonds is 4. The van der Waals surface area contributed by atoms with E-state index in [1.165, 1.54) is 19.2 Å². The minimum Gasteiger partial charge on any atom is -0.475 e. The molecule has 6 nitrogen and oxygen atoms in total. The van der Waals surface area contributed by atoms with Crippen molar-refractivity contribution in [3.8, 4) is 5.75 Å². The van der Waals surface area contributed by atoms with Crippen molar-refractivity contribution in [1.29, 1.82) is 0 Å². The third kappa shape index (κ3) is 3.09. The number of carbonyl (C=O) groups excluding carboxylic acids is 1. The van der Waals surface area contributed by atoms with E-state index in [0.29, 0.717) is 0 Å². The fraction of sp³-hybridized carbons (Fsp3) is 0.222. The third-order valence-corrected chi connectivity index (χ3v) is 1.93. The Balaban J connectivity index is 2.87. The standard InChI is InChI=1S/C9H8ClNO5/c1-15-9(12)5-16-8-3-2-6(10)4-7(8)11(13)14/h2-4H,5H2,1H3. The molecule has 0 aliphatic heterocycles. The van der Waals surface area contributed by atoms with Crippen molar-refractivity contribution in [3.05, 3.63) is 33.3 Å². The van der Waals surface area contributed by atoms with E-state index in [1.807, 2.05) is 0 Å². The van der Waals surface area contributed by atoms with Crippen molar-refractivity contribution in [1.82, 2.24) is 0 Å². The van der Waals surface area contributed by atoms with Gasteiger partial charge < -0.3 is 9.47 Å². The second-order valence-corrected chi connectivity index (χ2v) is 3.17. The minimum absolute atomic E-state index is 0.0280. The Labute approximate surface area is 95.9 Å². The lowest BCUT2D eigenvalue weighted by Crippen LogP contribution is -2.13. The molecule has 1 aromatic carbocycles. The molecule has 0 spiro atoms. The molecule has 0 N–H and O–H groups in total. The van der Waals surface area contributed by atoms with Crippen LogP contribution in [0.3, 0.4) is 0 Å². The zero-order chi connectivity index (χ0) is 12.1. The number of hydrogen-bond donors (Lipinski definition) is 0. The summed E-state index contributed by atoms with van der Waals surface area (Å²) in [4.78, 5) is 20.8. The second-order valence-electron chi connectivity index (χ2n) is 2.73. The van der Waals surface area contributed by atoms with Gasteiger partial charge in [0.1, 0.15) is 0 Å². The third-order valence-electron chi connectivity index (χ3n) is 1.69. The number of nitrogens with zero attached hydrogens (tertiary/aromatic N) is 1. The molecule has 0 amide bonds. The molecule has 0 atom stereocenters. The topological polar surface area (TPSA) is 78.7 Å². The van der Waals surface area contributed by atoms with Crippen LogP contribution >= 0.6 is 11.6 Å². The van der Waals surface area contributed by atoms with Gasteiger partial charge in [0, 0.05) is 11.1 Å². The Morgan fingerprint density at radius 3 is 2.81 bits per heavy atom. The Morgan fingerprint density at radius 1 is 1.56 bits per heavy atom. The van der Waals surface area contributed by atoms with Crippen molar-refractivity contribution in [2.45, 2.75) is 0 Å². The molecule has 86 valence electrons. The van der Waals surface area contributed by atoms with Gasteiger partial charge in [0.25, 0.3) is 0 Å². The zero-order valence-corrected chi connectivity index (χ0v) is 9.06. The molecule has 0 aliphatic rings. The lowest BCUT2D eigenvalue weighted by atomic mass is 10.3. The fourth-order valence-electron chi connectivity index (χ4n) is 0.951. The van der Waals surface area contributed by atoms with E-state index in [0.717, 1.165) is 6.07 Å². The molecular formula is C9H8ClNO5. The summed E-state index contributed by atoms with van der Waals surface area (Å²) in [6, 6.07) is 3.90. The van der Waals surface area contributed by atoms with Gasteiger partial charge in [-0.2, -0.15) is 0 Å². The highest BCUT2D eigenvalue weighted by Crippen LogP contribution is 2.29. The highest BCUT2D eigenvalue weighted by Gasteiger charge is 2.16. The van der Waals surface area contributed by atoms with Crippen LogP contribution in [0.15, 0.2) is 18.2 Å². The van der Waals surface area contributed by atoms with Crippen LogP contribution in [0.4, 0.5) is 5.69 Å². The largest absolute Gasteiger partial charge is 0.475 e. The van der Waals surface area contributed by atoms with E-state index >= 15 is 0 Å². The summed E-state index contributed by atoms with van der Waals surface area (Å²) in [5, 5.41) is 10.9. The average Bonchev–Trinajstić information content (AvgIpc) is 2.26. The predicted molar refractivity (Wildman–Crippen MR) is 55.6 cm³/mol. The molecule has 0 saturated carbocycles. The summed E-state index contributed by atoms with van der Waals surface area (Å²) in [6.07, 6.45) is 0. The predicted octanol–water partition coefficient (Wildman–Crippen LogP) is 1.80. The van der Waals surface area contributed by atoms with Gasteiger partial charge in [-0.25, -0.2) is 4.79 Å². The first kappa shape index (κ1) is 12.3. The maximum Gasteiger partial charge on any atom is 0.343 e. The molecule has 0 radical (unpaired) electrons. The minimum atomic E-state index is -0.640. The Morgan fingerprint density at radius 2 is 2.25 bits per heavy atom. The maximum atomic E-state index is 10.8. The van der Waals surface area contributed by atoms with Gasteiger partial charge in [-0.05, 0) is 12.1 Å². The van der Waals surface area contributed by atoms with Crippen LogP contribution in [0, 0.1) is 10.1 Å². The summed E-state index contributed by atoms with van der Waals surface area (Å²) in [7, 11) is 1.20. The quantitative estimate of drug-likeness (QED) is 0.459. The number of methoxy groups -OCH3 is 1. The van der Waals surface area contributed by atoms with Gasteiger partial charge >= 0.3 is 11.7 Å². The second kappa shape index (κ2) is 5.32. The molecule has 1 rings (SSSR count). The Bertz CT molecular complexity index is 420. The van der Waals surface area contributed by atoms with Crippen molar-refractivity contribution < 1.29 is 19.2 Å². The number of nitro benzene ring substituents is 1. The molecule has 1 aromatic rings. The average molecular weight is 246 g/mol. The number of carbonyl (C=O) groups is 1. The normalized spacial score (nSPS) is 9.62. The zero-order valence-electron chi connectivity index (χ0n) is 8.31. The summed E-state index contributed by atoms with van der Waals surface area (Å²) in [5.41, 5.74) is -0.295. The van der Waals surface area contributed by atoms with Crippen LogP contribution < -0.4 is 4.74 Å². The molecule has 0 bridgehead atoms. The highest BCUT2D eigenvalue weighted by molar-refractivity contribution is 6.30. The first-order chi connectivity index (χ1) is 7.54. The van der Waals surface area contributed by atoms with Crippen LogP contribution in [0.2, 0.25) is 5.02 Å². The molecule has 0 fully saturated rings. The molecule has 7 heteroatoms. The van der Waals surface area contributed by atoms with E-state index in [2.05, 4.69) is 4.74 Å². The summed E-state index contributed by atoms with van der Waals surface area (Å²) in [5.74, 6) is -0.649. The van der Waals surface area contributed by atoms with Crippen LogP contribution in [0.1, 0.15) is 0 Å². The van der Waals surface area contributed by atoms with Gasteiger partial charge in [-0.3, -0.25) is 10.1 Å². The first-order valence-corrected chi connectivity index (χ1v) is 4.56. The van der Waals surface area contributed by atoms with Crippen LogP contribution in [0.25, 0.3) is 0 Å². The van der Waals surface area contributed by atoms with Crippen LogP contribution in [-0.4, -0.2) is 24.6 Å². The van der Waals surface area contributed by atoms with Gasteiger partial charge in [0.2, 0.25) is 0 Å². The van der Waals surface area contributed by atoms with E-state index in [1.54, 1.807) is 0 Å². The Hall–Kier alpha value is -1.82. The monoisotopic (exact) mass is 245 g/mol. The number of esters is 1. The van der Waals surface area contributed by atoms with E-state index < -0.39 is 10.9 Å². The Kier molecular flexibility index (Phi) is 4.07. The van der Waals surface area contributed by atoms with E-state index in [9.17, 15) is 14.9 Å². The number of nitro groups is 1. The first-order valence-electron chi connectivity index (χ1n) is 4.18. The number of halogens is 1. The molecular weight excluding hydrogens is 238 g/mol. The van der Waals surface area contributed by atoms with Crippen LogP contribution in [0.5, 0.6) is 5.75 Å². The summed E-state index contributed by atoms with van der Waals surface area (Å²) in [6.45, 7) is -0.390. The number of benzene rings is 1. The van der Waals surface area contributed by atoms with Crippen molar-refractivity contribution in [2.24, 2.45) is 0 Å². The maximum absolute atomic E-state index is 10.8. The van der Waals surface area contributed by atoms with Crippen molar-refractivity contribution >= 4 is 23.3 Å². The molecule has 0 unspecified atom stereocenters. The smallest absolute Gasteiger partial charge is 0.343 e. The van der Waals surface area contributed by atoms with Gasteiger partial charge in [-0.15, -0.1) is 0 Å². The van der Waals surface area contributed by atoms with E-state index in [4.69, 9.17) is 16.3 Å².